The van der Waals surface area contributed by atoms with Crippen molar-refractivity contribution >= 4 is 12.0 Å². The van der Waals surface area contributed by atoms with Gasteiger partial charge in [0.2, 0.25) is 11.5 Å². The van der Waals surface area contributed by atoms with Crippen LogP contribution in [0.5, 0.6) is 23.0 Å². The van der Waals surface area contributed by atoms with Gasteiger partial charge in [0, 0.05) is 0 Å². The number of carboxylic acids is 1. The first-order valence-electron chi connectivity index (χ1n) is 6.68. The predicted molar refractivity (Wildman–Crippen MR) is 83.9 cm³/mol. The molecule has 0 unspecified atom stereocenters. The first-order valence-corrected chi connectivity index (χ1v) is 6.68. The summed E-state index contributed by atoms with van der Waals surface area (Å²) in [7, 11) is 2.90. The fourth-order valence-corrected chi connectivity index (χ4v) is 1.88. The molecule has 0 aromatic heterocycles. The Morgan fingerprint density at radius 3 is 2.04 bits per heavy atom. The Balaban J connectivity index is 2.41. The number of hydrogen-bond acceptors (Lipinski definition) is 5. The van der Waals surface area contributed by atoms with Gasteiger partial charge in [-0.2, -0.15) is 0 Å². The highest BCUT2D eigenvalue weighted by molar-refractivity contribution is 5.90. The zero-order chi connectivity index (χ0) is 16.8. The van der Waals surface area contributed by atoms with Gasteiger partial charge in [0.05, 0.1) is 14.2 Å². The van der Waals surface area contributed by atoms with Crippen LogP contribution in [0, 0.1) is 0 Å². The van der Waals surface area contributed by atoms with E-state index in [0.717, 1.165) is 0 Å². The lowest BCUT2D eigenvalue weighted by atomic mass is 10.2. The van der Waals surface area contributed by atoms with E-state index < -0.39 is 5.97 Å². The van der Waals surface area contributed by atoms with Crippen molar-refractivity contribution in [3.05, 3.63) is 53.8 Å². The highest BCUT2D eigenvalue weighted by atomic mass is 16.6. The maximum Gasteiger partial charge on any atom is 0.371 e. The van der Waals surface area contributed by atoms with Crippen LogP contribution in [0.3, 0.4) is 0 Å². The zero-order valence-corrected chi connectivity index (χ0v) is 12.6. The largest absolute Gasteiger partial charge is 0.508 e. The Labute approximate surface area is 133 Å². The van der Waals surface area contributed by atoms with Crippen LogP contribution >= 0.6 is 0 Å². The van der Waals surface area contributed by atoms with Crippen LogP contribution in [0.4, 0.5) is 0 Å². The number of methoxy groups -OCH3 is 2. The minimum atomic E-state index is -1.24. The summed E-state index contributed by atoms with van der Waals surface area (Å²) in [5, 5.41) is 18.6. The maximum absolute atomic E-state index is 11.5. The van der Waals surface area contributed by atoms with Crippen molar-refractivity contribution in [1.29, 1.82) is 0 Å². The lowest BCUT2D eigenvalue weighted by Crippen LogP contribution is -2.09. The molecule has 0 bridgehead atoms. The molecule has 0 saturated heterocycles. The normalized spacial score (nSPS) is 11.0. The van der Waals surface area contributed by atoms with Crippen molar-refractivity contribution in [2.45, 2.75) is 0 Å². The molecule has 2 rings (SSSR count). The van der Waals surface area contributed by atoms with Gasteiger partial charge in [0.25, 0.3) is 0 Å². The van der Waals surface area contributed by atoms with Crippen molar-refractivity contribution in [3.8, 4) is 23.0 Å². The molecule has 23 heavy (non-hydrogen) atoms. The third kappa shape index (κ3) is 3.94. The summed E-state index contributed by atoms with van der Waals surface area (Å²) >= 11 is 0. The van der Waals surface area contributed by atoms with Crippen molar-refractivity contribution in [2.24, 2.45) is 0 Å². The average molecular weight is 316 g/mol. The number of phenolic OH excluding ortho intramolecular Hbond substituents is 1. The summed E-state index contributed by atoms with van der Waals surface area (Å²) in [6.45, 7) is 0. The van der Waals surface area contributed by atoms with Gasteiger partial charge >= 0.3 is 5.97 Å². The molecule has 0 aliphatic rings. The summed E-state index contributed by atoms with van der Waals surface area (Å²) in [6, 6.07) is 11.0. The smallest absolute Gasteiger partial charge is 0.371 e. The van der Waals surface area contributed by atoms with Crippen LogP contribution in [-0.4, -0.2) is 30.4 Å². The number of hydrogen-bond donors (Lipinski definition) is 2. The van der Waals surface area contributed by atoms with Gasteiger partial charge in [-0.15, -0.1) is 0 Å². The van der Waals surface area contributed by atoms with Crippen LogP contribution in [-0.2, 0) is 4.79 Å². The van der Waals surface area contributed by atoms with Gasteiger partial charge in [0.1, 0.15) is 5.75 Å². The van der Waals surface area contributed by atoms with Crippen molar-refractivity contribution in [3.63, 3.8) is 0 Å². The Kier molecular flexibility index (Phi) is 5.09. The number of carboxylic acid groups (broad SMARTS) is 1. The molecule has 0 saturated carbocycles. The van der Waals surface area contributed by atoms with Crippen molar-refractivity contribution in [1.82, 2.24) is 0 Å². The Hall–Kier alpha value is -3.15. The molecule has 0 amide bonds. The zero-order valence-electron chi connectivity index (χ0n) is 12.6. The molecular weight excluding hydrogens is 300 g/mol. The number of ether oxygens (including phenoxy) is 3. The number of benzene rings is 2. The summed E-state index contributed by atoms with van der Waals surface area (Å²) in [5.74, 6) is -0.592. The number of carbonyl (C=O) groups is 1. The Bertz CT molecular complexity index is 696. The molecule has 2 aromatic rings. The molecule has 6 heteroatoms. The number of para-hydroxylation sites is 1. The van der Waals surface area contributed by atoms with Crippen LogP contribution in [0.1, 0.15) is 5.56 Å². The Morgan fingerprint density at radius 1 is 1.00 bits per heavy atom. The van der Waals surface area contributed by atoms with E-state index >= 15 is 0 Å². The molecule has 0 heterocycles. The molecule has 0 spiro atoms. The van der Waals surface area contributed by atoms with Crippen molar-refractivity contribution in [2.75, 3.05) is 14.2 Å². The fraction of sp³-hybridized carbons (Fsp3) is 0.118. The van der Waals surface area contributed by atoms with Gasteiger partial charge in [-0.1, -0.05) is 18.2 Å². The average Bonchev–Trinajstić information content (AvgIpc) is 2.56. The molecule has 120 valence electrons. The second kappa shape index (κ2) is 7.22. The SMILES string of the molecule is COc1cccc(OC)c1OC(=Cc1ccc(O)cc1)C(=O)O. The minimum absolute atomic E-state index is 0.0892. The summed E-state index contributed by atoms with van der Waals surface area (Å²) in [4.78, 5) is 11.5. The number of rotatable bonds is 6. The van der Waals surface area contributed by atoms with Gasteiger partial charge in [-0.25, -0.2) is 4.79 Å². The van der Waals surface area contributed by atoms with Crippen LogP contribution in [0.2, 0.25) is 0 Å². The third-order valence-corrected chi connectivity index (χ3v) is 3.00. The molecule has 2 aromatic carbocycles. The van der Waals surface area contributed by atoms with E-state index in [1.54, 1.807) is 30.3 Å². The highest BCUT2D eigenvalue weighted by Crippen LogP contribution is 2.38. The lowest BCUT2D eigenvalue weighted by Gasteiger charge is -2.14. The van der Waals surface area contributed by atoms with Gasteiger partial charge in [0.15, 0.2) is 11.5 Å². The van der Waals surface area contributed by atoms with E-state index in [-0.39, 0.29) is 17.3 Å². The molecule has 0 aliphatic heterocycles. The number of aromatic hydroxyl groups is 1. The quantitative estimate of drug-likeness (QED) is 0.629. The van der Waals surface area contributed by atoms with Gasteiger partial charge in [-0.05, 0) is 35.9 Å². The molecule has 6 nitrogen and oxygen atoms in total. The third-order valence-electron chi connectivity index (χ3n) is 3.00. The van der Waals surface area contributed by atoms with E-state index in [2.05, 4.69) is 0 Å². The highest BCUT2D eigenvalue weighted by Gasteiger charge is 2.17. The van der Waals surface area contributed by atoms with E-state index in [1.165, 1.54) is 32.4 Å². The monoisotopic (exact) mass is 316 g/mol. The molecule has 0 aliphatic carbocycles. The fourth-order valence-electron chi connectivity index (χ4n) is 1.88. The van der Waals surface area contributed by atoms with Gasteiger partial charge < -0.3 is 24.4 Å². The summed E-state index contributed by atoms with van der Waals surface area (Å²) in [6.07, 6.45) is 1.34. The van der Waals surface area contributed by atoms with E-state index in [1.807, 2.05) is 0 Å². The summed E-state index contributed by atoms with van der Waals surface area (Å²) in [5.41, 5.74) is 0.564. The molecule has 0 radical (unpaired) electrons. The van der Waals surface area contributed by atoms with E-state index in [9.17, 15) is 15.0 Å². The first-order chi connectivity index (χ1) is 11.0. The van der Waals surface area contributed by atoms with Crippen LogP contribution in [0.25, 0.3) is 6.08 Å². The molecule has 0 fully saturated rings. The summed E-state index contributed by atoms with van der Waals surface area (Å²) < 4.78 is 15.9. The minimum Gasteiger partial charge on any atom is -0.508 e. The van der Waals surface area contributed by atoms with Crippen LogP contribution in [0.15, 0.2) is 48.2 Å². The number of phenols is 1. The molecule has 0 atom stereocenters. The predicted octanol–water partition coefficient (Wildman–Crippen LogP) is 2.91. The van der Waals surface area contributed by atoms with Crippen molar-refractivity contribution < 1.29 is 29.2 Å². The second-order valence-corrected chi connectivity index (χ2v) is 4.50. The van der Waals surface area contributed by atoms with Gasteiger partial charge in [-0.3, -0.25) is 0 Å². The van der Waals surface area contributed by atoms with E-state index in [0.29, 0.717) is 17.1 Å². The number of aliphatic carboxylic acids is 1. The van der Waals surface area contributed by atoms with Crippen LogP contribution < -0.4 is 14.2 Å². The Morgan fingerprint density at radius 2 is 1.57 bits per heavy atom. The first kappa shape index (κ1) is 16.2. The topological polar surface area (TPSA) is 85.2 Å². The van der Waals surface area contributed by atoms with E-state index in [4.69, 9.17) is 14.2 Å². The lowest BCUT2D eigenvalue weighted by molar-refractivity contribution is -0.134. The maximum atomic E-state index is 11.5. The second-order valence-electron chi connectivity index (χ2n) is 4.50. The molecular formula is C17H16O6. The molecule has 2 N–H and O–H groups in total. The standard InChI is InChI=1S/C17H16O6/c1-21-13-4-3-5-14(22-2)16(13)23-15(17(19)20)10-11-6-8-12(18)9-7-11/h3-10,18H,1-2H3,(H,19,20).